The number of carbonyl (C=O) groups is 2. The van der Waals surface area contributed by atoms with Gasteiger partial charge in [-0.3, -0.25) is 9.59 Å². The zero-order valence-corrected chi connectivity index (χ0v) is 14.1. The average Bonchev–Trinajstić information content (AvgIpc) is 2.56. The number of nitrogens with zero attached hydrogens (tertiary/aromatic N) is 1. The number of carbonyl (C=O) groups excluding carboxylic acids is 2. The number of anilines is 1. The molecule has 0 spiro atoms. The molecule has 2 amide bonds. The van der Waals surface area contributed by atoms with Gasteiger partial charge in [-0.25, -0.2) is 13.2 Å². The maximum absolute atomic E-state index is 13.8. The zero-order chi connectivity index (χ0) is 19.4. The Morgan fingerprint density at radius 3 is 2.36 bits per heavy atom. The lowest BCUT2D eigenvalue weighted by molar-refractivity contribution is -0.137. The maximum atomic E-state index is 13.8. The van der Waals surface area contributed by atoms with Crippen molar-refractivity contribution in [3.05, 3.63) is 29.6 Å². The van der Waals surface area contributed by atoms with E-state index in [1.54, 1.807) is 0 Å². The van der Waals surface area contributed by atoms with Crippen molar-refractivity contribution in [1.29, 1.82) is 0 Å². The van der Waals surface area contributed by atoms with Gasteiger partial charge in [0.2, 0.25) is 12.3 Å². The molecule has 0 aliphatic rings. The van der Waals surface area contributed by atoms with Crippen molar-refractivity contribution in [2.24, 2.45) is 5.41 Å². The van der Waals surface area contributed by atoms with Crippen LogP contribution >= 0.6 is 0 Å². The summed E-state index contributed by atoms with van der Waals surface area (Å²) in [4.78, 5) is 23.9. The minimum atomic E-state index is -1.51. The third kappa shape index (κ3) is 4.93. The molecule has 9 heteroatoms. The number of nitrogens with one attached hydrogen (secondary N) is 1. The SMILES string of the molecule is C[C@@H](CNC(=O)[C@H](O)C(C)(C)CO)N(C=O)c1cc(F)c(F)cc1F. The van der Waals surface area contributed by atoms with Gasteiger partial charge in [-0.1, -0.05) is 13.8 Å². The summed E-state index contributed by atoms with van der Waals surface area (Å²) in [6.07, 6.45) is -1.28. The molecular formula is C16H21F3N2O4. The molecule has 140 valence electrons. The summed E-state index contributed by atoms with van der Waals surface area (Å²) in [7, 11) is 0. The fourth-order valence-corrected chi connectivity index (χ4v) is 1.99. The Balaban J connectivity index is 2.84. The van der Waals surface area contributed by atoms with Crippen molar-refractivity contribution < 1.29 is 33.0 Å². The second kappa shape index (κ2) is 8.30. The van der Waals surface area contributed by atoms with E-state index in [1.807, 2.05) is 0 Å². The first-order valence-electron chi connectivity index (χ1n) is 7.50. The first-order chi connectivity index (χ1) is 11.5. The lowest BCUT2D eigenvalue weighted by Crippen LogP contribution is -2.49. The van der Waals surface area contributed by atoms with Gasteiger partial charge in [0.1, 0.15) is 11.9 Å². The van der Waals surface area contributed by atoms with E-state index in [0.717, 1.165) is 4.90 Å². The minimum absolute atomic E-state index is 0.186. The minimum Gasteiger partial charge on any atom is -0.396 e. The van der Waals surface area contributed by atoms with E-state index >= 15 is 0 Å². The number of aliphatic hydroxyl groups excluding tert-OH is 2. The molecule has 0 aliphatic carbocycles. The molecule has 0 heterocycles. The Hall–Kier alpha value is -2.13. The van der Waals surface area contributed by atoms with Gasteiger partial charge in [0.05, 0.1) is 18.3 Å². The molecule has 0 unspecified atom stereocenters. The van der Waals surface area contributed by atoms with Crippen molar-refractivity contribution in [3.63, 3.8) is 0 Å². The smallest absolute Gasteiger partial charge is 0.249 e. The molecule has 0 fully saturated rings. The highest BCUT2D eigenvalue weighted by Crippen LogP contribution is 2.23. The molecule has 1 rings (SSSR count). The highest BCUT2D eigenvalue weighted by Gasteiger charge is 2.33. The largest absolute Gasteiger partial charge is 0.396 e. The maximum Gasteiger partial charge on any atom is 0.249 e. The summed E-state index contributed by atoms with van der Waals surface area (Å²) in [5, 5.41) is 21.4. The molecule has 0 saturated heterocycles. The molecule has 6 nitrogen and oxygen atoms in total. The summed E-state index contributed by atoms with van der Waals surface area (Å²) in [6.45, 7) is 3.79. The molecule has 1 aromatic rings. The summed E-state index contributed by atoms with van der Waals surface area (Å²) in [5.74, 6) is -4.63. The molecule has 25 heavy (non-hydrogen) atoms. The number of benzene rings is 1. The Labute approximate surface area is 143 Å². The Bertz CT molecular complexity index is 640. The number of aliphatic hydroxyl groups is 2. The van der Waals surface area contributed by atoms with Crippen LogP contribution in [-0.4, -0.2) is 47.8 Å². The summed E-state index contributed by atoms with van der Waals surface area (Å²) in [6, 6.07) is 0.0476. The number of amides is 2. The predicted octanol–water partition coefficient (Wildman–Crippen LogP) is 0.951. The third-order valence-electron chi connectivity index (χ3n) is 3.82. The van der Waals surface area contributed by atoms with E-state index in [4.69, 9.17) is 5.11 Å². The van der Waals surface area contributed by atoms with Crippen LogP contribution in [0.15, 0.2) is 12.1 Å². The Morgan fingerprint density at radius 2 is 1.84 bits per heavy atom. The van der Waals surface area contributed by atoms with Crippen molar-refractivity contribution in [2.45, 2.75) is 32.9 Å². The summed E-state index contributed by atoms with van der Waals surface area (Å²) >= 11 is 0. The average molecular weight is 362 g/mol. The molecule has 0 bridgehead atoms. The Morgan fingerprint density at radius 1 is 1.28 bits per heavy atom. The lowest BCUT2D eigenvalue weighted by Gasteiger charge is -2.29. The van der Waals surface area contributed by atoms with E-state index < -0.39 is 53.2 Å². The number of hydrogen-bond acceptors (Lipinski definition) is 4. The number of rotatable bonds is 8. The number of halogens is 3. The van der Waals surface area contributed by atoms with Gasteiger partial charge in [-0.05, 0) is 6.92 Å². The second-order valence-electron chi connectivity index (χ2n) is 6.37. The van der Waals surface area contributed by atoms with E-state index in [-0.39, 0.29) is 13.0 Å². The first-order valence-corrected chi connectivity index (χ1v) is 7.50. The third-order valence-corrected chi connectivity index (χ3v) is 3.82. The van der Waals surface area contributed by atoms with Crippen molar-refractivity contribution in [2.75, 3.05) is 18.1 Å². The van der Waals surface area contributed by atoms with Crippen LogP contribution in [0.5, 0.6) is 0 Å². The fraction of sp³-hybridized carbons (Fsp3) is 0.500. The van der Waals surface area contributed by atoms with Crippen LogP contribution in [0.2, 0.25) is 0 Å². The van der Waals surface area contributed by atoms with Crippen LogP contribution in [0.4, 0.5) is 18.9 Å². The second-order valence-corrected chi connectivity index (χ2v) is 6.37. The molecule has 0 radical (unpaired) electrons. The van der Waals surface area contributed by atoms with Gasteiger partial charge in [0.15, 0.2) is 11.6 Å². The van der Waals surface area contributed by atoms with Gasteiger partial charge in [-0.15, -0.1) is 0 Å². The van der Waals surface area contributed by atoms with Crippen LogP contribution in [0.3, 0.4) is 0 Å². The van der Waals surface area contributed by atoms with Crippen molar-refractivity contribution in [3.8, 4) is 0 Å². The van der Waals surface area contributed by atoms with Gasteiger partial charge in [-0.2, -0.15) is 0 Å². The predicted molar refractivity (Wildman–Crippen MR) is 84.2 cm³/mol. The van der Waals surface area contributed by atoms with E-state index in [9.17, 15) is 27.9 Å². The molecule has 1 aromatic carbocycles. The summed E-state index contributed by atoms with van der Waals surface area (Å²) in [5.41, 5.74) is -1.56. The summed E-state index contributed by atoms with van der Waals surface area (Å²) < 4.78 is 40.1. The lowest BCUT2D eigenvalue weighted by atomic mass is 9.87. The van der Waals surface area contributed by atoms with Crippen LogP contribution in [0.1, 0.15) is 20.8 Å². The van der Waals surface area contributed by atoms with Gasteiger partial charge in [0, 0.05) is 24.1 Å². The number of hydrogen-bond donors (Lipinski definition) is 3. The van der Waals surface area contributed by atoms with E-state index in [2.05, 4.69) is 5.32 Å². The fourth-order valence-electron chi connectivity index (χ4n) is 1.99. The molecular weight excluding hydrogens is 341 g/mol. The van der Waals surface area contributed by atoms with Gasteiger partial charge in [0.25, 0.3) is 0 Å². The van der Waals surface area contributed by atoms with Crippen LogP contribution in [0.25, 0.3) is 0 Å². The van der Waals surface area contributed by atoms with Gasteiger partial charge >= 0.3 is 0 Å². The normalized spacial score (nSPS) is 13.9. The molecule has 2 atom stereocenters. The highest BCUT2D eigenvalue weighted by molar-refractivity contribution is 5.82. The van der Waals surface area contributed by atoms with Crippen LogP contribution < -0.4 is 10.2 Å². The molecule has 0 aliphatic heterocycles. The van der Waals surface area contributed by atoms with Crippen LogP contribution in [-0.2, 0) is 9.59 Å². The quantitative estimate of drug-likeness (QED) is 0.475. The first kappa shape index (κ1) is 20.9. The van der Waals surface area contributed by atoms with E-state index in [1.165, 1.54) is 20.8 Å². The van der Waals surface area contributed by atoms with Gasteiger partial charge < -0.3 is 20.4 Å². The molecule has 0 saturated carbocycles. The Kier molecular flexibility index (Phi) is 6.95. The van der Waals surface area contributed by atoms with Crippen molar-refractivity contribution in [1.82, 2.24) is 5.32 Å². The molecule has 3 N–H and O–H groups in total. The topological polar surface area (TPSA) is 89.9 Å². The van der Waals surface area contributed by atoms with Crippen molar-refractivity contribution >= 4 is 18.0 Å². The highest BCUT2D eigenvalue weighted by atomic mass is 19.2. The monoisotopic (exact) mass is 362 g/mol. The standard InChI is InChI=1S/C16H21F3N2O4/c1-9(6-20-15(25)14(24)16(2,3)7-22)21(8-23)13-5-11(18)10(17)4-12(13)19/h4-5,8-9,14,22,24H,6-7H2,1-3H3,(H,20,25)/t9-,14-/m0/s1. The zero-order valence-electron chi connectivity index (χ0n) is 14.1. The van der Waals surface area contributed by atoms with Crippen LogP contribution in [0, 0.1) is 22.9 Å². The van der Waals surface area contributed by atoms with E-state index in [0.29, 0.717) is 12.1 Å². The molecule has 0 aromatic heterocycles.